The van der Waals surface area contributed by atoms with Gasteiger partial charge in [0.2, 0.25) is 0 Å². The SMILES string of the molecule is C[C]1[C](C)[C](C)[C](C)[C]1C.C[C]1[C](C)[C](C)[C](C)[C]1C.N#Cc1c([O-])c(C#N)c(C#N)c(O)c1C#N.[Co]. The Morgan fingerprint density at radius 1 is 0.432 bits per heavy atom. The molecular formula is C30H31CoN4O2-. The molecule has 193 valence electrons. The van der Waals surface area contributed by atoms with Crippen molar-refractivity contribution in [3.05, 3.63) is 81.4 Å². The summed E-state index contributed by atoms with van der Waals surface area (Å²) in [5, 5.41) is 55.5. The fourth-order valence-corrected chi connectivity index (χ4v) is 3.96. The second-order valence-corrected chi connectivity index (χ2v) is 8.87. The summed E-state index contributed by atoms with van der Waals surface area (Å²) in [6.07, 6.45) is 0. The van der Waals surface area contributed by atoms with Gasteiger partial charge in [0, 0.05) is 16.8 Å². The summed E-state index contributed by atoms with van der Waals surface area (Å²) in [5.74, 6) is 12.9. The molecule has 11 radical (unpaired) electrons. The van der Waals surface area contributed by atoms with Crippen molar-refractivity contribution in [3.63, 3.8) is 0 Å². The minimum absolute atomic E-state index is 0. The molecule has 0 aromatic heterocycles. The van der Waals surface area contributed by atoms with Crippen LogP contribution < -0.4 is 5.11 Å². The molecule has 2 fully saturated rings. The fraction of sp³-hybridized carbons (Fsp3) is 0.333. The maximum absolute atomic E-state index is 11.5. The Labute approximate surface area is 234 Å². The van der Waals surface area contributed by atoms with Crippen LogP contribution >= 0.6 is 0 Å². The van der Waals surface area contributed by atoms with Gasteiger partial charge >= 0.3 is 0 Å². The topological polar surface area (TPSA) is 138 Å². The van der Waals surface area contributed by atoms with Gasteiger partial charge in [0.1, 0.15) is 35.4 Å². The van der Waals surface area contributed by atoms with Crippen LogP contribution in [0.15, 0.2) is 0 Å². The van der Waals surface area contributed by atoms with Crippen LogP contribution in [0.25, 0.3) is 0 Å². The van der Waals surface area contributed by atoms with Gasteiger partial charge in [-0.15, -0.1) is 0 Å². The van der Waals surface area contributed by atoms with Gasteiger partial charge in [-0.25, -0.2) is 0 Å². The van der Waals surface area contributed by atoms with E-state index in [-0.39, 0.29) is 16.8 Å². The molecule has 0 spiro atoms. The van der Waals surface area contributed by atoms with Crippen molar-refractivity contribution in [1.29, 1.82) is 21.0 Å². The second kappa shape index (κ2) is 14.3. The molecule has 0 aliphatic heterocycles. The average molecular weight is 539 g/mol. The first-order valence-corrected chi connectivity index (χ1v) is 11.3. The number of hydrogen-bond donors (Lipinski definition) is 1. The van der Waals surface area contributed by atoms with E-state index >= 15 is 0 Å². The van der Waals surface area contributed by atoms with Gasteiger partial charge < -0.3 is 10.2 Å². The Bertz CT molecular complexity index is 877. The van der Waals surface area contributed by atoms with Gasteiger partial charge in [0.05, 0.1) is 11.1 Å². The van der Waals surface area contributed by atoms with E-state index in [2.05, 4.69) is 69.2 Å². The van der Waals surface area contributed by atoms with Gasteiger partial charge in [-0.3, -0.25) is 0 Å². The molecule has 0 amide bonds. The van der Waals surface area contributed by atoms with Crippen LogP contribution in [-0.4, -0.2) is 5.11 Å². The molecule has 2 aliphatic rings. The molecule has 2 aliphatic carbocycles. The van der Waals surface area contributed by atoms with Crippen molar-refractivity contribution in [2.24, 2.45) is 0 Å². The molecule has 1 aromatic carbocycles. The largest absolute Gasteiger partial charge is 0.871 e. The number of benzene rings is 1. The van der Waals surface area contributed by atoms with Crippen molar-refractivity contribution in [1.82, 2.24) is 0 Å². The first-order valence-electron chi connectivity index (χ1n) is 11.3. The zero-order valence-electron chi connectivity index (χ0n) is 23.0. The van der Waals surface area contributed by atoms with Crippen LogP contribution in [0.5, 0.6) is 11.5 Å². The standard InChI is InChI=1S/C10H2N4O2.2C10H15.Co/c11-1-5-6(2-12)10(16)8(4-14)7(3-13)9(5)15;2*1-6-7(2)9(4)10(5)8(6)3;/h15-16H;2*1-5H3;/p-1. The molecule has 0 heterocycles. The molecule has 0 unspecified atom stereocenters. The van der Waals surface area contributed by atoms with Crippen LogP contribution in [0, 0.1) is 105 Å². The quantitative estimate of drug-likeness (QED) is 0.437. The fourth-order valence-electron chi connectivity index (χ4n) is 3.96. The number of aromatic hydroxyl groups is 1. The van der Waals surface area contributed by atoms with E-state index in [1.807, 2.05) is 0 Å². The molecule has 6 nitrogen and oxygen atoms in total. The number of rotatable bonds is 0. The molecule has 2 saturated carbocycles. The number of nitriles is 4. The van der Waals surface area contributed by atoms with E-state index in [4.69, 9.17) is 21.0 Å². The van der Waals surface area contributed by atoms with Gasteiger partial charge in [-0.1, -0.05) is 75.0 Å². The number of hydrogen-bond acceptors (Lipinski definition) is 6. The molecule has 0 saturated heterocycles. The van der Waals surface area contributed by atoms with Crippen molar-refractivity contribution in [3.8, 4) is 35.8 Å². The zero-order chi connectivity index (χ0) is 28.1. The third-order valence-electron chi connectivity index (χ3n) is 7.50. The Kier molecular flexibility index (Phi) is 13.2. The Hall–Kier alpha value is -2.71. The van der Waals surface area contributed by atoms with E-state index in [9.17, 15) is 10.2 Å². The average Bonchev–Trinajstić information content (AvgIpc) is 3.14. The first-order chi connectivity index (χ1) is 16.7. The number of nitrogens with zero attached hydrogens (tertiary/aromatic N) is 4. The normalized spacial score (nSPS) is 19.0. The monoisotopic (exact) mass is 538 g/mol. The molecule has 37 heavy (non-hydrogen) atoms. The summed E-state index contributed by atoms with van der Waals surface area (Å²) < 4.78 is 0. The van der Waals surface area contributed by atoms with Gasteiger partial charge in [-0.2, -0.15) is 21.0 Å². The Morgan fingerprint density at radius 3 is 0.730 bits per heavy atom. The minimum atomic E-state index is -1.02. The van der Waals surface area contributed by atoms with Crippen LogP contribution in [0.2, 0.25) is 0 Å². The first kappa shape index (κ1) is 34.3. The molecule has 0 bridgehead atoms. The third-order valence-corrected chi connectivity index (χ3v) is 7.50. The smallest absolute Gasteiger partial charge is 0.153 e. The summed E-state index contributed by atoms with van der Waals surface area (Å²) in [7, 11) is 0. The summed E-state index contributed by atoms with van der Waals surface area (Å²) in [4.78, 5) is 0. The number of phenolic OH excluding ortho intramolecular Hbond substituents is 1. The molecular weight excluding hydrogens is 507 g/mol. The summed E-state index contributed by atoms with van der Waals surface area (Å²) >= 11 is 0. The zero-order valence-corrected chi connectivity index (χ0v) is 24.0. The van der Waals surface area contributed by atoms with Gasteiger partial charge in [0.25, 0.3) is 0 Å². The maximum atomic E-state index is 11.5. The van der Waals surface area contributed by atoms with E-state index in [0.29, 0.717) is 0 Å². The van der Waals surface area contributed by atoms with Crippen molar-refractivity contribution in [2.45, 2.75) is 69.2 Å². The molecule has 7 heteroatoms. The summed E-state index contributed by atoms with van der Waals surface area (Å²) in [6.45, 7) is 22.0. The molecule has 3 rings (SSSR count). The summed E-state index contributed by atoms with van der Waals surface area (Å²) in [5.41, 5.74) is -2.42. The predicted molar refractivity (Wildman–Crippen MR) is 136 cm³/mol. The van der Waals surface area contributed by atoms with E-state index in [0.717, 1.165) is 0 Å². The van der Waals surface area contributed by atoms with Crippen LogP contribution in [0.1, 0.15) is 91.5 Å². The van der Waals surface area contributed by atoms with Crippen LogP contribution in [0.4, 0.5) is 0 Å². The molecule has 1 aromatic rings. The Balaban J connectivity index is 0.000000541. The van der Waals surface area contributed by atoms with Crippen LogP contribution in [0.3, 0.4) is 0 Å². The van der Waals surface area contributed by atoms with Gasteiger partial charge in [0.15, 0.2) is 5.75 Å². The van der Waals surface area contributed by atoms with E-state index in [1.165, 1.54) is 83.5 Å². The summed E-state index contributed by atoms with van der Waals surface area (Å²) in [6, 6.07) is 5.75. The van der Waals surface area contributed by atoms with Gasteiger partial charge in [-0.05, 0) is 59.2 Å². The second-order valence-electron chi connectivity index (χ2n) is 8.87. The molecule has 1 N–H and O–H groups in total. The number of phenols is 1. The molecule has 0 atom stereocenters. The predicted octanol–water partition coefficient (Wildman–Crippen LogP) is 5.89. The third kappa shape index (κ3) is 6.79. The maximum Gasteiger partial charge on any atom is 0.153 e. The van der Waals surface area contributed by atoms with Crippen LogP contribution in [-0.2, 0) is 16.8 Å². The van der Waals surface area contributed by atoms with E-state index < -0.39 is 33.8 Å². The Morgan fingerprint density at radius 2 is 0.595 bits per heavy atom. The van der Waals surface area contributed by atoms with Crippen molar-refractivity contribution >= 4 is 0 Å². The van der Waals surface area contributed by atoms with Crippen molar-refractivity contribution < 1.29 is 27.0 Å². The van der Waals surface area contributed by atoms with E-state index in [1.54, 1.807) is 0 Å². The van der Waals surface area contributed by atoms with Crippen molar-refractivity contribution in [2.75, 3.05) is 0 Å². The minimum Gasteiger partial charge on any atom is -0.871 e.